The molecule has 0 spiro atoms. The zero-order chi connectivity index (χ0) is 12.8. The molecule has 0 heteroatoms. The summed E-state index contributed by atoms with van der Waals surface area (Å²) >= 11 is 0. The Morgan fingerprint density at radius 3 is 2.50 bits per heavy atom. The quantitative estimate of drug-likeness (QED) is 0.664. The lowest BCUT2D eigenvalue weighted by Gasteiger charge is -2.16. The van der Waals surface area contributed by atoms with Crippen LogP contribution in [0.4, 0.5) is 0 Å². The first-order valence-electron chi connectivity index (χ1n) is 6.80. The highest BCUT2D eigenvalue weighted by atomic mass is 14.3. The lowest BCUT2D eigenvalue weighted by atomic mass is 9.88. The molecular formula is C16H16. The van der Waals surface area contributed by atoms with Crippen molar-refractivity contribution in [3.8, 4) is 0 Å². The molecule has 16 heavy (non-hydrogen) atoms. The molecule has 2 aromatic rings. The van der Waals surface area contributed by atoms with Crippen molar-refractivity contribution in [3.05, 3.63) is 71.3 Å². The Morgan fingerprint density at radius 2 is 1.75 bits per heavy atom. The number of rotatable bonds is 1. The second kappa shape index (κ2) is 3.79. The SMILES string of the molecule is [2H][C@@H]1c2ccccc2[C@@H](C)[C@@]1([2H])c1ccccc1. The van der Waals surface area contributed by atoms with Crippen molar-refractivity contribution >= 4 is 0 Å². The third-order valence-electron chi connectivity index (χ3n) is 3.35. The van der Waals surface area contributed by atoms with E-state index in [1.165, 1.54) is 0 Å². The minimum absolute atomic E-state index is 0.0543. The lowest BCUT2D eigenvalue weighted by molar-refractivity contribution is 0.626. The molecule has 0 saturated carbocycles. The summed E-state index contributed by atoms with van der Waals surface area (Å²) in [4.78, 5) is 0. The van der Waals surface area contributed by atoms with Crippen LogP contribution in [0, 0.1) is 0 Å². The van der Waals surface area contributed by atoms with Gasteiger partial charge in [0.1, 0.15) is 0 Å². The van der Waals surface area contributed by atoms with Gasteiger partial charge >= 0.3 is 0 Å². The molecule has 2 aromatic carbocycles. The normalized spacial score (nSPS) is 34.1. The van der Waals surface area contributed by atoms with E-state index in [2.05, 4.69) is 13.0 Å². The Morgan fingerprint density at radius 1 is 1.06 bits per heavy atom. The maximum Gasteiger partial charge on any atom is 0.0362 e. The first kappa shape index (κ1) is 7.67. The molecule has 0 aliphatic heterocycles. The van der Waals surface area contributed by atoms with E-state index in [0.29, 0.717) is 0 Å². The van der Waals surface area contributed by atoms with E-state index < -0.39 is 12.3 Å². The van der Waals surface area contributed by atoms with Gasteiger partial charge < -0.3 is 0 Å². The Hall–Kier alpha value is -1.56. The van der Waals surface area contributed by atoms with Gasteiger partial charge in [0, 0.05) is 2.74 Å². The predicted molar refractivity (Wildman–Crippen MR) is 67.7 cm³/mol. The van der Waals surface area contributed by atoms with E-state index in [1.807, 2.05) is 48.5 Å². The van der Waals surface area contributed by atoms with Gasteiger partial charge in [-0.3, -0.25) is 0 Å². The van der Waals surface area contributed by atoms with Crippen molar-refractivity contribution in [1.82, 2.24) is 0 Å². The molecule has 0 amide bonds. The summed E-state index contributed by atoms with van der Waals surface area (Å²) in [5, 5.41) is 0. The monoisotopic (exact) mass is 210 g/mol. The number of hydrogen-bond donors (Lipinski definition) is 0. The minimum Gasteiger partial charge on any atom is -0.0622 e. The summed E-state index contributed by atoms with van der Waals surface area (Å²) in [6.45, 7) is 2.06. The second-order valence-electron chi connectivity index (χ2n) is 4.32. The Kier molecular flexibility index (Phi) is 1.81. The van der Waals surface area contributed by atoms with Crippen molar-refractivity contribution in [2.45, 2.75) is 25.1 Å². The molecule has 1 aliphatic rings. The van der Waals surface area contributed by atoms with Crippen molar-refractivity contribution in [2.24, 2.45) is 0 Å². The molecule has 0 N–H and O–H groups in total. The number of fused-ring (bicyclic) bond motifs is 1. The average Bonchev–Trinajstić information content (AvgIpc) is 2.64. The summed E-state index contributed by atoms with van der Waals surface area (Å²) < 4.78 is 17.3. The fraction of sp³-hybridized carbons (Fsp3) is 0.250. The molecule has 3 rings (SSSR count). The molecule has 0 aromatic heterocycles. The predicted octanol–water partition coefficient (Wildman–Crippen LogP) is 4.13. The third kappa shape index (κ3) is 1.46. The summed E-state index contributed by atoms with van der Waals surface area (Å²) in [7, 11) is 0. The highest BCUT2D eigenvalue weighted by Crippen LogP contribution is 2.43. The van der Waals surface area contributed by atoms with Crippen molar-refractivity contribution in [1.29, 1.82) is 0 Å². The molecule has 0 fully saturated rings. The fourth-order valence-electron chi connectivity index (χ4n) is 2.46. The largest absolute Gasteiger partial charge is 0.0622 e. The molecule has 0 heterocycles. The molecule has 0 nitrogen and oxygen atoms in total. The first-order chi connectivity index (χ1) is 8.65. The fourth-order valence-corrected chi connectivity index (χ4v) is 2.46. The first-order valence-corrected chi connectivity index (χ1v) is 5.72. The van der Waals surface area contributed by atoms with Gasteiger partial charge in [0.25, 0.3) is 0 Å². The van der Waals surface area contributed by atoms with Crippen LogP contribution in [-0.2, 0) is 6.40 Å². The van der Waals surface area contributed by atoms with E-state index in [-0.39, 0.29) is 5.92 Å². The molecule has 0 bridgehead atoms. The molecule has 0 unspecified atom stereocenters. The second-order valence-corrected chi connectivity index (χ2v) is 4.32. The van der Waals surface area contributed by atoms with Gasteiger partial charge in [-0.05, 0) is 34.9 Å². The van der Waals surface area contributed by atoms with E-state index in [9.17, 15) is 0 Å². The van der Waals surface area contributed by atoms with Gasteiger partial charge in [-0.15, -0.1) is 0 Å². The van der Waals surface area contributed by atoms with Crippen LogP contribution in [-0.4, -0.2) is 0 Å². The minimum atomic E-state index is -0.870. The standard InChI is InChI=1S/C16H16/c1-12-15-10-6-5-9-14(15)11-16(12)13-7-3-2-4-8-13/h2-10,12,16H,11H2,1H3/t12-,16+/m1/s1/i11D,16D/t11-,12-,16+. The van der Waals surface area contributed by atoms with Crippen LogP contribution in [0.3, 0.4) is 0 Å². The van der Waals surface area contributed by atoms with Crippen molar-refractivity contribution in [3.63, 3.8) is 0 Å². The van der Waals surface area contributed by atoms with E-state index in [1.54, 1.807) is 0 Å². The van der Waals surface area contributed by atoms with Crippen LogP contribution in [0.25, 0.3) is 0 Å². The molecule has 1 aliphatic carbocycles. The van der Waals surface area contributed by atoms with Gasteiger partial charge in [-0.2, -0.15) is 0 Å². The Labute approximate surface area is 99.8 Å². The zero-order valence-corrected chi connectivity index (χ0v) is 9.35. The molecule has 80 valence electrons. The smallest absolute Gasteiger partial charge is 0.0362 e. The summed E-state index contributed by atoms with van der Waals surface area (Å²) in [6, 6.07) is 17.8. The van der Waals surface area contributed by atoms with E-state index in [4.69, 9.17) is 2.74 Å². The third-order valence-corrected chi connectivity index (χ3v) is 3.35. The summed E-state index contributed by atoms with van der Waals surface area (Å²) in [5.41, 5.74) is 3.09. The summed E-state index contributed by atoms with van der Waals surface area (Å²) in [6.07, 6.45) is -0.508. The van der Waals surface area contributed by atoms with Crippen molar-refractivity contribution in [2.75, 3.05) is 0 Å². The molecule has 0 radical (unpaired) electrons. The van der Waals surface area contributed by atoms with Crippen LogP contribution >= 0.6 is 0 Å². The molecule has 0 saturated heterocycles. The molecule has 3 atom stereocenters. The maximum atomic E-state index is 8.83. The number of hydrogen-bond acceptors (Lipinski definition) is 0. The summed E-state index contributed by atoms with van der Waals surface area (Å²) in [5.74, 6) is -0.816. The van der Waals surface area contributed by atoms with Crippen LogP contribution in [0.15, 0.2) is 54.6 Å². The van der Waals surface area contributed by atoms with Crippen LogP contribution < -0.4 is 0 Å². The van der Waals surface area contributed by atoms with Gasteiger partial charge in [0.05, 0.1) is 0 Å². The van der Waals surface area contributed by atoms with E-state index in [0.717, 1.165) is 16.7 Å². The van der Waals surface area contributed by atoms with Gasteiger partial charge in [-0.25, -0.2) is 0 Å². The Bertz CT molecular complexity index is 533. The van der Waals surface area contributed by atoms with Gasteiger partial charge in [0.15, 0.2) is 0 Å². The van der Waals surface area contributed by atoms with Crippen LogP contribution in [0.2, 0.25) is 0 Å². The Balaban J connectivity index is 2.16. The highest BCUT2D eigenvalue weighted by molar-refractivity contribution is 5.41. The highest BCUT2D eigenvalue weighted by Gasteiger charge is 2.29. The van der Waals surface area contributed by atoms with Crippen LogP contribution in [0.5, 0.6) is 0 Å². The lowest BCUT2D eigenvalue weighted by Crippen LogP contribution is -2.02. The van der Waals surface area contributed by atoms with Crippen molar-refractivity contribution < 1.29 is 2.74 Å². The molecular weight excluding hydrogens is 192 g/mol. The van der Waals surface area contributed by atoms with Crippen LogP contribution in [0.1, 0.15) is 38.2 Å². The van der Waals surface area contributed by atoms with E-state index >= 15 is 0 Å². The topological polar surface area (TPSA) is 0 Å². The number of benzene rings is 2. The average molecular weight is 210 g/mol. The van der Waals surface area contributed by atoms with Gasteiger partial charge in [0.2, 0.25) is 0 Å². The zero-order valence-electron chi connectivity index (χ0n) is 11.4. The van der Waals surface area contributed by atoms with Gasteiger partial charge in [-0.1, -0.05) is 61.5 Å². The maximum absolute atomic E-state index is 8.83.